The molecule has 0 saturated carbocycles. The van der Waals surface area contributed by atoms with Crippen molar-refractivity contribution < 1.29 is 27.2 Å². The smallest absolute Gasteiger partial charge is 0.209 e. The third kappa shape index (κ3) is 8.10. The first-order valence-electron chi connectivity index (χ1n) is 8.18. The van der Waals surface area contributed by atoms with Crippen LogP contribution >= 0.6 is 31.9 Å². The van der Waals surface area contributed by atoms with E-state index in [1.54, 1.807) is 0 Å². The molecule has 0 aliphatic carbocycles. The highest BCUT2D eigenvalue weighted by atomic mass is 79.9. The van der Waals surface area contributed by atoms with Crippen molar-refractivity contribution in [1.29, 1.82) is 0 Å². The van der Waals surface area contributed by atoms with Gasteiger partial charge >= 0.3 is 0 Å². The fourth-order valence-electron chi connectivity index (χ4n) is 2.15. The van der Waals surface area contributed by atoms with Crippen LogP contribution in [-0.4, -0.2) is 30.7 Å². The van der Waals surface area contributed by atoms with E-state index in [-0.39, 0.29) is 16.3 Å². The molecule has 0 N–H and O–H groups in total. The largest absolute Gasteiger partial charge is 0.345 e. The molecule has 0 radical (unpaired) electrons. The Hall–Kier alpha value is -1.74. The number of likely N-dealkylation sites (tertiary alicyclic amines) is 1. The second-order valence-electron chi connectivity index (χ2n) is 5.64. The van der Waals surface area contributed by atoms with Crippen molar-refractivity contribution in [2.45, 2.75) is 19.3 Å². The van der Waals surface area contributed by atoms with Crippen molar-refractivity contribution in [1.82, 2.24) is 4.90 Å². The van der Waals surface area contributed by atoms with Crippen LogP contribution in [0.4, 0.5) is 17.6 Å². The number of aldehydes is 1. The Kier molecular flexibility index (Phi) is 11.0. The summed E-state index contributed by atoms with van der Waals surface area (Å²) in [5.41, 5.74) is -0.287. The number of carbonyl (C=O) groups is 2. The highest BCUT2D eigenvalue weighted by molar-refractivity contribution is 9.10. The molecular weight excluding hydrogens is 510 g/mol. The van der Waals surface area contributed by atoms with Gasteiger partial charge in [0.05, 0.1) is 5.56 Å². The van der Waals surface area contributed by atoms with Crippen molar-refractivity contribution in [2.24, 2.45) is 0 Å². The minimum Gasteiger partial charge on any atom is -0.345 e. The van der Waals surface area contributed by atoms with Gasteiger partial charge in [-0.3, -0.25) is 9.59 Å². The molecule has 2 aromatic rings. The molecule has 0 bridgehead atoms. The van der Waals surface area contributed by atoms with Gasteiger partial charge in [-0.25, -0.2) is 17.6 Å². The lowest BCUT2D eigenvalue weighted by atomic mass is 10.1. The van der Waals surface area contributed by atoms with Gasteiger partial charge in [0.2, 0.25) is 6.41 Å². The van der Waals surface area contributed by atoms with E-state index >= 15 is 0 Å². The van der Waals surface area contributed by atoms with E-state index in [4.69, 9.17) is 0 Å². The molecule has 2 aromatic carbocycles. The van der Waals surface area contributed by atoms with Gasteiger partial charge in [-0.05, 0) is 65.5 Å². The summed E-state index contributed by atoms with van der Waals surface area (Å²) in [5, 5.41) is 0. The molecule has 0 atom stereocenters. The molecular formula is C19H17Br2F4NO2. The topological polar surface area (TPSA) is 37.4 Å². The van der Waals surface area contributed by atoms with Crippen molar-refractivity contribution in [3.8, 4) is 0 Å². The van der Waals surface area contributed by atoms with Gasteiger partial charge in [-0.15, -0.1) is 0 Å². The number of piperidine rings is 1. The van der Waals surface area contributed by atoms with E-state index < -0.39 is 23.3 Å². The molecule has 1 fully saturated rings. The van der Waals surface area contributed by atoms with Crippen molar-refractivity contribution >= 4 is 44.6 Å². The highest BCUT2D eigenvalue weighted by Gasteiger charge is 2.10. The van der Waals surface area contributed by atoms with Crippen molar-refractivity contribution in [3.05, 3.63) is 68.1 Å². The zero-order valence-corrected chi connectivity index (χ0v) is 17.8. The van der Waals surface area contributed by atoms with Gasteiger partial charge in [0.15, 0.2) is 29.6 Å². The molecule has 28 heavy (non-hydrogen) atoms. The Morgan fingerprint density at radius 1 is 0.821 bits per heavy atom. The Bertz CT molecular complexity index is 800. The first-order valence-corrected chi connectivity index (χ1v) is 9.77. The predicted molar refractivity (Wildman–Crippen MR) is 105 cm³/mol. The third-order valence-corrected chi connectivity index (χ3v) is 4.80. The molecule has 3 nitrogen and oxygen atoms in total. The fourth-order valence-corrected chi connectivity index (χ4v) is 2.88. The van der Waals surface area contributed by atoms with Gasteiger partial charge in [0.25, 0.3) is 0 Å². The number of carbonyl (C=O) groups excluding carboxylic acids is 2. The van der Waals surface area contributed by atoms with Crippen LogP contribution in [-0.2, 0) is 4.79 Å². The van der Waals surface area contributed by atoms with E-state index in [9.17, 15) is 27.2 Å². The molecule has 3 rings (SSSR count). The monoisotopic (exact) mass is 525 g/mol. The standard InChI is InChI=1S/C7H3BrF2O.C6H3BrF2.C6H11NO/c8-5-1-2-6(9)7(10)4(5)3-11;7-4-1-2-5(8)6(9)3-4;8-6-7-4-2-1-3-5-7/h1-3H;1-3H;6H,1-5H2. The minimum absolute atomic E-state index is 0.256. The van der Waals surface area contributed by atoms with Crippen LogP contribution in [0.2, 0.25) is 0 Å². The second kappa shape index (κ2) is 12.7. The summed E-state index contributed by atoms with van der Waals surface area (Å²) in [6, 6.07) is 5.82. The zero-order chi connectivity index (χ0) is 21.1. The molecule has 0 aromatic heterocycles. The Morgan fingerprint density at radius 2 is 1.43 bits per heavy atom. The van der Waals surface area contributed by atoms with Crippen LogP contribution in [0.25, 0.3) is 0 Å². The summed E-state index contributed by atoms with van der Waals surface area (Å²) in [5.74, 6) is -3.78. The van der Waals surface area contributed by atoms with Crippen LogP contribution in [0.1, 0.15) is 29.6 Å². The average molecular weight is 527 g/mol. The number of rotatable bonds is 2. The van der Waals surface area contributed by atoms with Crippen molar-refractivity contribution in [2.75, 3.05) is 13.1 Å². The van der Waals surface area contributed by atoms with Crippen molar-refractivity contribution in [3.63, 3.8) is 0 Å². The van der Waals surface area contributed by atoms with Gasteiger partial charge in [-0.1, -0.05) is 15.9 Å². The summed E-state index contributed by atoms with van der Waals surface area (Å²) in [7, 11) is 0. The summed E-state index contributed by atoms with van der Waals surface area (Å²) >= 11 is 5.89. The number of halogens is 6. The van der Waals surface area contributed by atoms with Gasteiger partial charge in [0.1, 0.15) is 0 Å². The maximum atomic E-state index is 12.6. The summed E-state index contributed by atoms with van der Waals surface area (Å²) < 4.78 is 50.1. The maximum absolute atomic E-state index is 12.6. The molecule has 0 spiro atoms. The van der Waals surface area contributed by atoms with Gasteiger partial charge < -0.3 is 4.90 Å². The number of benzene rings is 2. The maximum Gasteiger partial charge on any atom is 0.209 e. The number of nitrogens with zero attached hydrogens (tertiary/aromatic N) is 1. The van der Waals surface area contributed by atoms with E-state index in [1.807, 2.05) is 4.90 Å². The number of hydrogen-bond acceptors (Lipinski definition) is 2. The zero-order valence-electron chi connectivity index (χ0n) is 14.6. The Balaban J connectivity index is 0.000000213. The van der Waals surface area contributed by atoms with Crippen LogP contribution in [0.3, 0.4) is 0 Å². The van der Waals surface area contributed by atoms with Gasteiger partial charge in [-0.2, -0.15) is 0 Å². The van der Waals surface area contributed by atoms with E-state index in [0.717, 1.165) is 37.7 Å². The molecule has 9 heteroatoms. The molecule has 1 aliphatic rings. The van der Waals surface area contributed by atoms with E-state index in [0.29, 0.717) is 4.47 Å². The Morgan fingerprint density at radius 3 is 1.86 bits per heavy atom. The average Bonchev–Trinajstić information content (AvgIpc) is 2.70. The van der Waals surface area contributed by atoms with E-state index in [2.05, 4.69) is 31.9 Å². The van der Waals surface area contributed by atoms with Crippen LogP contribution in [0.5, 0.6) is 0 Å². The van der Waals surface area contributed by atoms with Crippen LogP contribution in [0, 0.1) is 23.3 Å². The lowest BCUT2D eigenvalue weighted by Crippen LogP contribution is -2.27. The summed E-state index contributed by atoms with van der Waals surface area (Å²) in [4.78, 5) is 22.1. The predicted octanol–water partition coefficient (Wildman–Crippen LogP) is 5.90. The SMILES string of the molecule is Fc1ccc(Br)cc1F.O=CN1CCCCC1.O=Cc1c(Br)ccc(F)c1F. The third-order valence-electron chi connectivity index (χ3n) is 3.62. The molecule has 152 valence electrons. The van der Waals surface area contributed by atoms with Crippen LogP contribution in [0.15, 0.2) is 39.3 Å². The quantitative estimate of drug-likeness (QED) is 0.278. The lowest BCUT2D eigenvalue weighted by molar-refractivity contribution is -0.118. The fraction of sp³-hybridized carbons (Fsp3) is 0.263. The first-order chi connectivity index (χ1) is 13.3. The number of hydrogen-bond donors (Lipinski definition) is 0. The molecule has 1 amide bonds. The van der Waals surface area contributed by atoms with E-state index in [1.165, 1.54) is 31.4 Å². The second-order valence-corrected chi connectivity index (χ2v) is 7.41. The summed E-state index contributed by atoms with van der Waals surface area (Å²) in [6.45, 7) is 1.95. The Labute approximate surface area is 177 Å². The molecule has 0 unspecified atom stereocenters. The summed E-state index contributed by atoms with van der Waals surface area (Å²) in [6.07, 6.45) is 4.89. The highest BCUT2D eigenvalue weighted by Crippen LogP contribution is 2.19. The minimum atomic E-state index is -1.12. The number of amides is 1. The lowest BCUT2D eigenvalue weighted by Gasteiger charge is -2.21. The van der Waals surface area contributed by atoms with Gasteiger partial charge in [0, 0.05) is 22.0 Å². The first kappa shape index (κ1) is 24.3. The van der Waals surface area contributed by atoms with Crippen LogP contribution < -0.4 is 0 Å². The molecule has 1 aliphatic heterocycles. The normalized spacial score (nSPS) is 12.9. The molecule has 1 heterocycles. The molecule has 1 saturated heterocycles.